The molecule has 12 nitrogen and oxygen atoms in total. The maximum absolute atomic E-state index is 11.7. The summed E-state index contributed by atoms with van der Waals surface area (Å²) in [5.74, 6) is -2.89. The summed E-state index contributed by atoms with van der Waals surface area (Å²) in [5.41, 5.74) is 6.37. The third-order valence-electron chi connectivity index (χ3n) is 4.19. The molecule has 0 spiro atoms. The van der Waals surface area contributed by atoms with Crippen molar-refractivity contribution >= 4 is 29.1 Å². The zero-order valence-electron chi connectivity index (χ0n) is 14.5. The first-order valence-corrected chi connectivity index (χ1v) is 7.99. The maximum Gasteiger partial charge on any atom is 0.328 e. The van der Waals surface area contributed by atoms with Crippen LogP contribution in [0, 0.1) is 5.92 Å². The second-order valence-corrected chi connectivity index (χ2v) is 5.97. The molecule has 1 fully saturated rings. The molecule has 0 aliphatic heterocycles. The van der Waals surface area contributed by atoms with E-state index in [4.69, 9.17) is 15.9 Å². The van der Waals surface area contributed by atoms with Crippen molar-refractivity contribution in [2.75, 3.05) is 12.3 Å². The lowest BCUT2D eigenvalue weighted by Crippen LogP contribution is -2.17. The van der Waals surface area contributed by atoms with Crippen molar-refractivity contribution in [3.05, 3.63) is 41.0 Å². The number of aromatic amines is 1. The Morgan fingerprint density at radius 1 is 1.36 bits per heavy atom. The summed E-state index contributed by atoms with van der Waals surface area (Å²) < 4.78 is 1.67. The van der Waals surface area contributed by atoms with Crippen LogP contribution in [0.2, 0.25) is 0 Å². The number of fused-ring (bicyclic) bond motifs is 1. The minimum absolute atomic E-state index is 0.00659. The van der Waals surface area contributed by atoms with Gasteiger partial charge in [-0.2, -0.15) is 4.98 Å². The van der Waals surface area contributed by atoms with E-state index in [0.29, 0.717) is 29.8 Å². The van der Waals surface area contributed by atoms with Gasteiger partial charge in [0.05, 0.1) is 25.1 Å². The Hall–Kier alpha value is -3.51. The van der Waals surface area contributed by atoms with E-state index in [0.717, 1.165) is 0 Å². The number of nitrogen functional groups attached to an aromatic ring is 1. The highest BCUT2D eigenvalue weighted by Gasteiger charge is 2.37. The van der Waals surface area contributed by atoms with Crippen molar-refractivity contribution in [2.24, 2.45) is 5.92 Å². The average Bonchev–Trinajstić information content (AvgIpc) is 3.14. The van der Waals surface area contributed by atoms with Gasteiger partial charge in [-0.15, -0.1) is 0 Å². The number of H-pyrrole nitrogens is 1. The van der Waals surface area contributed by atoms with Gasteiger partial charge < -0.3 is 30.7 Å². The number of nitrogens with one attached hydrogen (secondary N) is 1. The van der Waals surface area contributed by atoms with E-state index < -0.39 is 23.6 Å². The van der Waals surface area contributed by atoms with Crippen LogP contribution >= 0.6 is 0 Å². The molecular weight excluding hydrogens is 374 g/mol. The minimum Gasteiger partial charge on any atom is -0.478 e. The molecule has 2 heterocycles. The first-order chi connectivity index (χ1) is 13.1. The lowest BCUT2D eigenvalue weighted by Gasteiger charge is -2.15. The van der Waals surface area contributed by atoms with E-state index in [1.165, 1.54) is 6.33 Å². The number of imidazole rings is 1. The molecule has 1 aliphatic carbocycles. The van der Waals surface area contributed by atoms with Crippen molar-refractivity contribution in [3.8, 4) is 0 Å². The summed E-state index contributed by atoms with van der Waals surface area (Å²) in [4.78, 5) is 41.3. The third kappa shape index (κ3) is 4.42. The Labute approximate surface area is 157 Å². The number of aliphatic hydroxyl groups excluding tert-OH is 2. The monoisotopic (exact) mass is 393 g/mol. The van der Waals surface area contributed by atoms with E-state index >= 15 is 0 Å². The fourth-order valence-corrected chi connectivity index (χ4v) is 2.88. The van der Waals surface area contributed by atoms with Gasteiger partial charge in [0.1, 0.15) is 0 Å². The van der Waals surface area contributed by atoms with Gasteiger partial charge in [0, 0.05) is 18.1 Å². The van der Waals surface area contributed by atoms with Gasteiger partial charge >= 0.3 is 11.9 Å². The highest BCUT2D eigenvalue weighted by molar-refractivity contribution is 5.89. The van der Waals surface area contributed by atoms with Crippen LogP contribution in [0.5, 0.6) is 0 Å². The van der Waals surface area contributed by atoms with Crippen LogP contribution in [-0.4, -0.2) is 64.6 Å². The standard InChI is InChI=1S/C12H15N5O3.C4H4O4/c1-5-6(3-18)8(19)2-7(5)17-4-14-9-10(17)15-12(13)16-11(9)20;5-3(6)1-2-4(7)8/h4,6-8,18-19H,1-3H2,(H3,13,15,16,20);1-2H,(H,5,6)(H,7,8)/t6-,7-,8-;/m0./s1. The smallest absolute Gasteiger partial charge is 0.328 e. The number of nitrogens with zero attached hydrogens (tertiary/aromatic N) is 3. The van der Waals surface area contributed by atoms with Crippen LogP contribution in [0.15, 0.2) is 35.4 Å². The van der Waals surface area contributed by atoms with Crippen molar-refractivity contribution < 1.29 is 30.0 Å². The highest BCUT2D eigenvalue weighted by atomic mass is 16.4. The normalized spacial score (nSPS) is 21.6. The largest absolute Gasteiger partial charge is 0.478 e. The fraction of sp³-hybridized carbons (Fsp3) is 0.312. The molecule has 12 heteroatoms. The average molecular weight is 393 g/mol. The van der Waals surface area contributed by atoms with Crippen molar-refractivity contribution in [1.29, 1.82) is 0 Å². The summed E-state index contributed by atoms with van der Waals surface area (Å²) in [6.07, 6.45) is 2.32. The lowest BCUT2D eigenvalue weighted by atomic mass is 10.0. The molecule has 1 saturated carbocycles. The van der Waals surface area contributed by atoms with Crippen LogP contribution in [-0.2, 0) is 9.59 Å². The van der Waals surface area contributed by atoms with Gasteiger partial charge in [-0.1, -0.05) is 6.58 Å². The maximum atomic E-state index is 11.7. The highest BCUT2D eigenvalue weighted by Crippen LogP contribution is 2.39. The summed E-state index contributed by atoms with van der Waals surface area (Å²) >= 11 is 0. The number of aliphatic hydroxyl groups is 2. The number of hydrogen-bond acceptors (Lipinski definition) is 8. The van der Waals surface area contributed by atoms with Gasteiger partial charge in [0.2, 0.25) is 5.95 Å². The number of anilines is 1. The quantitative estimate of drug-likeness (QED) is 0.273. The molecule has 3 atom stereocenters. The van der Waals surface area contributed by atoms with Gasteiger partial charge in [-0.3, -0.25) is 9.78 Å². The number of aromatic nitrogens is 4. The summed E-state index contributed by atoms with van der Waals surface area (Å²) in [5, 5.41) is 34.9. The molecule has 2 aromatic rings. The number of hydrogen-bond donors (Lipinski definition) is 6. The Morgan fingerprint density at radius 2 is 1.96 bits per heavy atom. The molecule has 7 N–H and O–H groups in total. The molecule has 0 aromatic carbocycles. The number of aliphatic carboxylic acids is 2. The van der Waals surface area contributed by atoms with Crippen molar-refractivity contribution in [1.82, 2.24) is 19.5 Å². The minimum atomic E-state index is -1.26. The SMILES string of the molecule is C=C1[C@H](CO)[C@@H](O)C[C@@H]1n1cnc2c(=O)[nH]c(N)nc21.O=C(O)C=CC(=O)O. The first kappa shape index (κ1) is 20.8. The zero-order chi connectivity index (χ0) is 21.0. The molecule has 2 aromatic heterocycles. The molecule has 0 unspecified atom stereocenters. The second-order valence-electron chi connectivity index (χ2n) is 5.97. The van der Waals surface area contributed by atoms with Crippen molar-refractivity contribution in [2.45, 2.75) is 18.6 Å². The zero-order valence-corrected chi connectivity index (χ0v) is 14.5. The predicted octanol–water partition coefficient (Wildman–Crippen LogP) is -1.12. The fourth-order valence-electron chi connectivity index (χ4n) is 2.88. The van der Waals surface area contributed by atoms with E-state index in [-0.39, 0.29) is 30.0 Å². The number of rotatable bonds is 4. The topological polar surface area (TPSA) is 205 Å². The number of carboxylic acids is 2. The molecule has 0 amide bonds. The number of nitrogens with two attached hydrogens (primary N) is 1. The third-order valence-corrected chi connectivity index (χ3v) is 4.19. The van der Waals surface area contributed by atoms with Gasteiger partial charge in [0.25, 0.3) is 5.56 Å². The number of carboxylic acid groups (broad SMARTS) is 2. The molecule has 0 radical (unpaired) electrons. The Morgan fingerprint density at radius 3 is 2.46 bits per heavy atom. The Balaban J connectivity index is 0.000000300. The summed E-state index contributed by atoms with van der Waals surface area (Å²) in [7, 11) is 0. The summed E-state index contributed by atoms with van der Waals surface area (Å²) in [6, 6.07) is -0.263. The Kier molecular flexibility index (Phi) is 6.28. The van der Waals surface area contributed by atoms with Crippen LogP contribution < -0.4 is 11.3 Å². The molecule has 1 aliphatic rings. The van der Waals surface area contributed by atoms with Crippen molar-refractivity contribution in [3.63, 3.8) is 0 Å². The van der Waals surface area contributed by atoms with E-state index in [1.54, 1.807) is 4.57 Å². The molecule has 0 bridgehead atoms. The van der Waals surface area contributed by atoms with Crippen LogP contribution in [0.4, 0.5) is 5.95 Å². The summed E-state index contributed by atoms with van der Waals surface area (Å²) in [6.45, 7) is 3.76. The molecule has 3 rings (SSSR count). The predicted molar refractivity (Wildman–Crippen MR) is 96.3 cm³/mol. The van der Waals surface area contributed by atoms with Gasteiger partial charge in [-0.25, -0.2) is 14.6 Å². The molecular formula is C16H19N5O7. The molecule has 0 saturated heterocycles. The molecule has 150 valence electrons. The second kappa shape index (κ2) is 8.45. The van der Waals surface area contributed by atoms with E-state index in [1.807, 2.05) is 0 Å². The van der Waals surface area contributed by atoms with Gasteiger partial charge in [0.15, 0.2) is 11.2 Å². The van der Waals surface area contributed by atoms with Crippen LogP contribution in [0.1, 0.15) is 12.5 Å². The van der Waals surface area contributed by atoms with E-state index in [2.05, 4.69) is 21.5 Å². The molecule has 28 heavy (non-hydrogen) atoms. The lowest BCUT2D eigenvalue weighted by molar-refractivity contribution is -0.134. The number of carbonyl (C=O) groups is 2. The van der Waals surface area contributed by atoms with Gasteiger partial charge in [-0.05, 0) is 12.0 Å². The van der Waals surface area contributed by atoms with Crippen LogP contribution in [0.25, 0.3) is 11.2 Å². The first-order valence-electron chi connectivity index (χ1n) is 7.99. The Bertz CT molecular complexity index is 977. The van der Waals surface area contributed by atoms with Crippen LogP contribution in [0.3, 0.4) is 0 Å². The van der Waals surface area contributed by atoms with E-state index in [9.17, 15) is 24.6 Å².